The van der Waals surface area contributed by atoms with Crippen LogP contribution in [0.1, 0.15) is 26.7 Å². The minimum atomic E-state index is 0.255. The third-order valence-corrected chi connectivity index (χ3v) is 0.906. The van der Waals surface area contributed by atoms with E-state index in [1.54, 1.807) is 6.92 Å². The van der Waals surface area contributed by atoms with E-state index in [0.29, 0.717) is 6.42 Å². The topological polar surface area (TPSA) is 69.1 Å². The number of carbonyl (C=O) groups is 1. The van der Waals surface area contributed by atoms with Gasteiger partial charge in [0.1, 0.15) is 5.78 Å². The Labute approximate surface area is 62.8 Å². The van der Waals surface area contributed by atoms with Crippen LogP contribution in [0.5, 0.6) is 0 Å². The molecule has 0 saturated carbocycles. The van der Waals surface area contributed by atoms with E-state index in [2.05, 4.69) is 0 Å². The molecule has 3 heteroatoms. The van der Waals surface area contributed by atoms with Crippen LogP contribution in [0.25, 0.3) is 0 Å². The van der Waals surface area contributed by atoms with Gasteiger partial charge in [-0.25, -0.2) is 0 Å². The van der Waals surface area contributed by atoms with Gasteiger partial charge in [0.05, 0.1) is 0 Å². The first-order valence-electron chi connectivity index (χ1n) is 3.58. The summed E-state index contributed by atoms with van der Waals surface area (Å²) < 4.78 is 0. The number of carbonyl (C=O) groups excluding carboxylic acids is 1. The Balaban J connectivity index is 0. The van der Waals surface area contributed by atoms with Crippen molar-refractivity contribution in [3.8, 4) is 0 Å². The molecule has 0 aliphatic rings. The van der Waals surface area contributed by atoms with Crippen molar-refractivity contribution in [1.29, 1.82) is 0 Å². The molecule has 0 heterocycles. The lowest BCUT2D eigenvalue weighted by molar-refractivity contribution is -0.116. The van der Waals surface area contributed by atoms with E-state index in [-0.39, 0.29) is 5.78 Å². The van der Waals surface area contributed by atoms with Gasteiger partial charge in [-0.05, 0) is 26.4 Å². The Kier molecular flexibility index (Phi) is 14.0. The zero-order chi connectivity index (χ0) is 8.41. The normalized spacial score (nSPS) is 8.00. The molecule has 3 nitrogen and oxygen atoms in total. The van der Waals surface area contributed by atoms with Crippen molar-refractivity contribution >= 4 is 5.78 Å². The SMILES string of the molecule is CCC(C)=O.NCCCN. The lowest BCUT2D eigenvalue weighted by atomic mass is 10.4. The summed E-state index contributed by atoms with van der Waals surface area (Å²) in [7, 11) is 0. The zero-order valence-corrected chi connectivity index (χ0v) is 6.89. The first-order valence-corrected chi connectivity index (χ1v) is 3.58. The van der Waals surface area contributed by atoms with Gasteiger partial charge in [0.25, 0.3) is 0 Å². The van der Waals surface area contributed by atoms with Crippen molar-refractivity contribution in [2.45, 2.75) is 26.7 Å². The second kappa shape index (κ2) is 11.4. The van der Waals surface area contributed by atoms with Crippen LogP contribution in [0.3, 0.4) is 0 Å². The molecule has 0 rings (SSSR count). The van der Waals surface area contributed by atoms with Crippen LogP contribution >= 0.6 is 0 Å². The molecular weight excluding hydrogens is 128 g/mol. The molecule has 10 heavy (non-hydrogen) atoms. The molecule has 0 amide bonds. The zero-order valence-electron chi connectivity index (χ0n) is 6.89. The summed E-state index contributed by atoms with van der Waals surface area (Å²) in [5.41, 5.74) is 10.1. The highest BCUT2D eigenvalue weighted by Crippen LogP contribution is 1.71. The molecule has 0 aliphatic heterocycles. The lowest BCUT2D eigenvalue weighted by Crippen LogP contribution is -2.06. The van der Waals surface area contributed by atoms with Crippen molar-refractivity contribution in [3.63, 3.8) is 0 Å². The van der Waals surface area contributed by atoms with Gasteiger partial charge in [-0.2, -0.15) is 0 Å². The smallest absolute Gasteiger partial charge is 0.129 e. The predicted octanol–water partition coefficient (Wildman–Crippen LogP) is 0.279. The van der Waals surface area contributed by atoms with Crippen LogP contribution in [0, 0.1) is 0 Å². The fraction of sp³-hybridized carbons (Fsp3) is 0.857. The number of hydrogen-bond donors (Lipinski definition) is 2. The average Bonchev–Trinajstić information content (AvgIpc) is 1.91. The predicted molar refractivity (Wildman–Crippen MR) is 43.7 cm³/mol. The number of Topliss-reactive ketones (excluding diaryl/α,β-unsaturated/α-hetero) is 1. The molecule has 0 bridgehead atoms. The van der Waals surface area contributed by atoms with Crippen molar-refractivity contribution in [1.82, 2.24) is 0 Å². The van der Waals surface area contributed by atoms with Crippen molar-refractivity contribution in [2.24, 2.45) is 11.5 Å². The van der Waals surface area contributed by atoms with Crippen molar-refractivity contribution in [2.75, 3.05) is 13.1 Å². The van der Waals surface area contributed by atoms with Gasteiger partial charge in [-0.1, -0.05) is 6.92 Å². The molecule has 0 spiro atoms. The number of hydrogen-bond acceptors (Lipinski definition) is 3. The molecule has 0 atom stereocenters. The molecular formula is C7H18N2O. The van der Waals surface area contributed by atoms with Crippen LogP contribution < -0.4 is 11.5 Å². The number of nitrogens with two attached hydrogens (primary N) is 2. The maximum absolute atomic E-state index is 9.81. The third-order valence-electron chi connectivity index (χ3n) is 0.906. The minimum absolute atomic E-state index is 0.255. The summed E-state index contributed by atoms with van der Waals surface area (Å²) in [6.07, 6.45) is 1.61. The fourth-order valence-corrected chi connectivity index (χ4v) is 0.118. The number of rotatable bonds is 3. The molecule has 0 saturated heterocycles. The Hall–Kier alpha value is -0.410. The average molecular weight is 146 g/mol. The largest absolute Gasteiger partial charge is 0.330 e. The van der Waals surface area contributed by atoms with Gasteiger partial charge in [0.2, 0.25) is 0 Å². The second-order valence-electron chi connectivity index (χ2n) is 1.99. The van der Waals surface area contributed by atoms with Gasteiger partial charge in [-0.15, -0.1) is 0 Å². The van der Waals surface area contributed by atoms with Gasteiger partial charge < -0.3 is 16.3 Å². The van der Waals surface area contributed by atoms with E-state index in [4.69, 9.17) is 11.5 Å². The molecule has 62 valence electrons. The monoisotopic (exact) mass is 146 g/mol. The van der Waals surface area contributed by atoms with E-state index in [9.17, 15) is 4.79 Å². The van der Waals surface area contributed by atoms with Gasteiger partial charge in [-0.3, -0.25) is 0 Å². The quantitative estimate of drug-likeness (QED) is 0.601. The molecule has 0 radical (unpaired) electrons. The molecule has 0 aromatic carbocycles. The van der Waals surface area contributed by atoms with Crippen LogP contribution in [0.15, 0.2) is 0 Å². The Bertz CT molecular complexity index is 72.0. The summed E-state index contributed by atoms with van der Waals surface area (Å²) in [6, 6.07) is 0. The molecule has 0 aliphatic carbocycles. The first kappa shape index (κ1) is 12.3. The highest BCUT2D eigenvalue weighted by molar-refractivity contribution is 5.74. The summed E-state index contributed by atoms with van der Waals surface area (Å²) in [4.78, 5) is 9.81. The van der Waals surface area contributed by atoms with E-state index in [0.717, 1.165) is 19.5 Å². The maximum Gasteiger partial charge on any atom is 0.129 e. The maximum atomic E-state index is 9.81. The molecule has 0 fully saturated rings. The fourth-order valence-electron chi connectivity index (χ4n) is 0.118. The van der Waals surface area contributed by atoms with Crippen LogP contribution in [-0.2, 0) is 4.79 Å². The van der Waals surface area contributed by atoms with Crippen molar-refractivity contribution < 1.29 is 4.79 Å². The van der Waals surface area contributed by atoms with Gasteiger partial charge in [0.15, 0.2) is 0 Å². The van der Waals surface area contributed by atoms with Crippen LogP contribution in [0.2, 0.25) is 0 Å². The third kappa shape index (κ3) is 25.6. The van der Waals surface area contributed by atoms with E-state index < -0.39 is 0 Å². The number of ketones is 1. The standard InChI is InChI=1S/C4H8O.C3H10N2/c1-3-4(2)5;4-2-1-3-5/h3H2,1-2H3;1-5H2. The first-order chi connectivity index (χ1) is 4.68. The minimum Gasteiger partial charge on any atom is -0.330 e. The summed E-state index contributed by atoms with van der Waals surface area (Å²) >= 11 is 0. The van der Waals surface area contributed by atoms with Crippen LogP contribution in [0.4, 0.5) is 0 Å². The second-order valence-corrected chi connectivity index (χ2v) is 1.99. The van der Waals surface area contributed by atoms with E-state index >= 15 is 0 Å². The molecule has 0 unspecified atom stereocenters. The molecule has 0 aromatic heterocycles. The van der Waals surface area contributed by atoms with Crippen LogP contribution in [-0.4, -0.2) is 18.9 Å². The highest BCUT2D eigenvalue weighted by atomic mass is 16.1. The van der Waals surface area contributed by atoms with E-state index in [1.165, 1.54) is 0 Å². The van der Waals surface area contributed by atoms with Gasteiger partial charge >= 0.3 is 0 Å². The Morgan fingerprint density at radius 3 is 1.60 bits per heavy atom. The Morgan fingerprint density at radius 2 is 1.60 bits per heavy atom. The highest BCUT2D eigenvalue weighted by Gasteiger charge is 1.76. The Morgan fingerprint density at radius 1 is 1.30 bits per heavy atom. The molecule has 0 aromatic rings. The summed E-state index contributed by atoms with van der Waals surface area (Å²) in [5.74, 6) is 0.255. The van der Waals surface area contributed by atoms with Gasteiger partial charge in [0, 0.05) is 6.42 Å². The lowest BCUT2D eigenvalue weighted by Gasteiger charge is -1.81. The van der Waals surface area contributed by atoms with E-state index in [1.807, 2.05) is 6.92 Å². The van der Waals surface area contributed by atoms with Crippen molar-refractivity contribution in [3.05, 3.63) is 0 Å². The molecule has 4 N–H and O–H groups in total. The summed E-state index contributed by atoms with van der Waals surface area (Å²) in [5, 5.41) is 0. The summed E-state index contributed by atoms with van der Waals surface area (Å²) in [6.45, 7) is 4.87.